The molecule has 0 spiro atoms. The Hall–Kier alpha value is -2.54. The largest absolute Gasteiger partial charge is 0.573 e. The third-order valence-electron chi connectivity index (χ3n) is 6.47. The van der Waals surface area contributed by atoms with Gasteiger partial charge in [0.05, 0.1) is 0 Å². The van der Waals surface area contributed by atoms with Gasteiger partial charge in [0.1, 0.15) is 5.75 Å². The molecule has 1 saturated heterocycles. The van der Waals surface area contributed by atoms with Gasteiger partial charge in [0.25, 0.3) is 5.91 Å². The van der Waals surface area contributed by atoms with Crippen molar-refractivity contribution < 1.29 is 22.7 Å². The minimum atomic E-state index is -4.75. The predicted molar refractivity (Wildman–Crippen MR) is 113 cm³/mol. The zero-order valence-corrected chi connectivity index (χ0v) is 17.5. The highest BCUT2D eigenvalue weighted by Crippen LogP contribution is 2.39. The van der Waals surface area contributed by atoms with Crippen LogP contribution in [0.25, 0.3) is 0 Å². The van der Waals surface area contributed by atoms with Gasteiger partial charge in [-0.15, -0.1) is 13.2 Å². The Morgan fingerprint density at radius 2 is 1.74 bits per heavy atom. The molecule has 2 aromatic carbocycles. The van der Waals surface area contributed by atoms with E-state index in [2.05, 4.69) is 34.0 Å². The van der Waals surface area contributed by atoms with Crippen LogP contribution < -0.4 is 10.1 Å². The van der Waals surface area contributed by atoms with Gasteiger partial charge in [0, 0.05) is 23.3 Å². The van der Waals surface area contributed by atoms with Gasteiger partial charge in [-0.25, -0.2) is 0 Å². The van der Waals surface area contributed by atoms with Crippen LogP contribution in [0, 0.1) is 0 Å². The Kier molecular flexibility index (Phi) is 6.23. The summed E-state index contributed by atoms with van der Waals surface area (Å²) >= 11 is 0. The van der Waals surface area contributed by atoms with Crippen LogP contribution in [0.5, 0.6) is 5.75 Å². The van der Waals surface area contributed by atoms with Crippen molar-refractivity contribution in [1.29, 1.82) is 0 Å². The smallest absolute Gasteiger partial charge is 0.406 e. The van der Waals surface area contributed by atoms with Crippen LogP contribution in [0.4, 0.5) is 18.9 Å². The first kappa shape index (κ1) is 21.7. The van der Waals surface area contributed by atoms with Gasteiger partial charge in [-0.2, -0.15) is 0 Å². The molecule has 1 unspecified atom stereocenters. The number of carbonyl (C=O) groups excluding carboxylic acids is 1. The monoisotopic (exact) mass is 432 g/mol. The number of halogens is 3. The first-order valence-electron chi connectivity index (χ1n) is 10.8. The number of rotatable bonds is 5. The lowest BCUT2D eigenvalue weighted by atomic mass is 9.97. The molecule has 1 N–H and O–H groups in total. The molecular weight excluding hydrogens is 405 g/mol. The molecular formula is C24H27F3N2O2. The fourth-order valence-electron chi connectivity index (χ4n) is 4.91. The van der Waals surface area contributed by atoms with Crippen LogP contribution in [0.3, 0.4) is 0 Å². The van der Waals surface area contributed by atoms with Crippen molar-refractivity contribution in [3.8, 4) is 5.75 Å². The van der Waals surface area contributed by atoms with Crippen molar-refractivity contribution in [2.24, 2.45) is 0 Å². The Morgan fingerprint density at radius 1 is 1.03 bits per heavy atom. The summed E-state index contributed by atoms with van der Waals surface area (Å²) in [5.74, 6) is -0.189. The zero-order valence-electron chi connectivity index (χ0n) is 17.5. The lowest BCUT2D eigenvalue weighted by Gasteiger charge is -2.28. The Balaban J connectivity index is 1.33. The predicted octanol–water partition coefficient (Wildman–Crippen LogP) is 5.96. The van der Waals surface area contributed by atoms with E-state index in [1.54, 1.807) is 0 Å². The number of amides is 1. The Bertz CT molecular complexity index is 897. The van der Waals surface area contributed by atoms with E-state index in [1.165, 1.54) is 56.3 Å². The van der Waals surface area contributed by atoms with E-state index in [-0.39, 0.29) is 17.2 Å². The highest BCUT2D eigenvalue weighted by molar-refractivity contribution is 6.04. The number of nitrogens with one attached hydrogen (secondary N) is 1. The fourth-order valence-corrected chi connectivity index (χ4v) is 4.91. The van der Waals surface area contributed by atoms with E-state index in [9.17, 15) is 18.0 Å². The summed E-state index contributed by atoms with van der Waals surface area (Å²) in [6.07, 6.45) is 1.45. The van der Waals surface area contributed by atoms with Crippen molar-refractivity contribution in [2.45, 2.75) is 63.4 Å². The van der Waals surface area contributed by atoms with Gasteiger partial charge in [0.2, 0.25) is 0 Å². The topological polar surface area (TPSA) is 41.6 Å². The molecule has 2 fully saturated rings. The third kappa shape index (κ3) is 5.39. The number of ether oxygens (including phenoxy) is 1. The molecule has 1 aliphatic carbocycles. The van der Waals surface area contributed by atoms with Crippen molar-refractivity contribution >= 4 is 11.6 Å². The molecule has 3 atom stereocenters. The first-order valence-corrected chi connectivity index (χ1v) is 10.8. The van der Waals surface area contributed by atoms with E-state index in [0.29, 0.717) is 23.7 Å². The highest BCUT2D eigenvalue weighted by atomic mass is 19.4. The van der Waals surface area contributed by atoms with E-state index in [4.69, 9.17) is 0 Å². The van der Waals surface area contributed by atoms with Gasteiger partial charge >= 0.3 is 6.36 Å². The van der Waals surface area contributed by atoms with Gasteiger partial charge in [-0.1, -0.05) is 12.1 Å². The van der Waals surface area contributed by atoms with Crippen LogP contribution in [-0.2, 0) is 0 Å². The molecule has 7 heteroatoms. The number of anilines is 1. The Morgan fingerprint density at radius 3 is 2.35 bits per heavy atom. The van der Waals surface area contributed by atoms with Crippen LogP contribution >= 0.6 is 0 Å². The summed E-state index contributed by atoms with van der Waals surface area (Å²) in [4.78, 5) is 15.1. The van der Waals surface area contributed by atoms with Gasteiger partial charge in [0.15, 0.2) is 0 Å². The van der Waals surface area contributed by atoms with Crippen LogP contribution in [-0.4, -0.2) is 35.8 Å². The number of benzene rings is 2. The maximum Gasteiger partial charge on any atom is 0.573 e. The third-order valence-corrected chi connectivity index (χ3v) is 6.47. The molecule has 1 amide bonds. The SMILES string of the molecule is C[C@H]1CCCN1C1CC[C@H](c2ccc(NC(=O)c3ccc(OC(F)(F)F)cc3)cc2)C1. The molecule has 1 heterocycles. The maximum atomic E-state index is 12.4. The van der Waals surface area contributed by atoms with Crippen LogP contribution in [0.1, 0.15) is 60.9 Å². The molecule has 31 heavy (non-hydrogen) atoms. The number of hydrogen-bond donors (Lipinski definition) is 1. The number of alkyl halides is 3. The molecule has 2 aliphatic rings. The Labute approximate surface area is 180 Å². The van der Waals surface area contributed by atoms with E-state index >= 15 is 0 Å². The summed E-state index contributed by atoms with van der Waals surface area (Å²) < 4.78 is 40.6. The van der Waals surface area contributed by atoms with Gasteiger partial charge in [-0.05, 0) is 93.5 Å². The number of hydrogen-bond acceptors (Lipinski definition) is 3. The molecule has 0 aromatic heterocycles. The summed E-state index contributed by atoms with van der Waals surface area (Å²) in [6, 6.07) is 14.1. The normalized spacial score (nSPS) is 24.3. The second-order valence-electron chi connectivity index (χ2n) is 8.54. The average Bonchev–Trinajstić information content (AvgIpc) is 3.37. The minimum absolute atomic E-state index is 0.261. The van der Waals surface area contributed by atoms with E-state index in [1.807, 2.05) is 12.1 Å². The van der Waals surface area contributed by atoms with E-state index in [0.717, 1.165) is 12.1 Å². The highest BCUT2D eigenvalue weighted by Gasteiger charge is 2.34. The number of likely N-dealkylation sites (tertiary alicyclic amines) is 1. The second kappa shape index (κ2) is 8.91. The van der Waals surface area contributed by atoms with Crippen molar-refractivity contribution in [3.63, 3.8) is 0 Å². The van der Waals surface area contributed by atoms with Crippen LogP contribution in [0.15, 0.2) is 48.5 Å². The number of carbonyl (C=O) groups is 1. The number of nitrogens with zero attached hydrogens (tertiary/aromatic N) is 1. The molecule has 4 nitrogen and oxygen atoms in total. The van der Waals surface area contributed by atoms with Gasteiger partial charge in [-0.3, -0.25) is 9.69 Å². The van der Waals surface area contributed by atoms with E-state index < -0.39 is 6.36 Å². The summed E-state index contributed by atoms with van der Waals surface area (Å²) in [5, 5.41) is 2.79. The molecule has 2 aromatic rings. The summed E-state index contributed by atoms with van der Waals surface area (Å²) in [5.41, 5.74) is 2.21. The quantitative estimate of drug-likeness (QED) is 0.634. The first-order chi connectivity index (χ1) is 14.8. The van der Waals surface area contributed by atoms with Gasteiger partial charge < -0.3 is 10.1 Å². The lowest BCUT2D eigenvalue weighted by molar-refractivity contribution is -0.274. The van der Waals surface area contributed by atoms with Crippen LogP contribution in [0.2, 0.25) is 0 Å². The molecule has 1 aliphatic heterocycles. The van der Waals surface area contributed by atoms with Crippen molar-refractivity contribution in [3.05, 3.63) is 59.7 Å². The molecule has 166 valence electrons. The minimum Gasteiger partial charge on any atom is -0.406 e. The second-order valence-corrected chi connectivity index (χ2v) is 8.54. The van der Waals surface area contributed by atoms with Crippen molar-refractivity contribution in [2.75, 3.05) is 11.9 Å². The maximum absolute atomic E-state index is 12.4. The zero-order chi connectivity index (χ0) is 22.0. The summed E-state index contributed by atoms with van der Waals surface area (Å²) in [7, 11) is 0. The fraction of sp³-hybridized carbons (Fsp3) is 0.458. The van der Waals surface area contributed by atoms with Crippen molar-refractivity contribution in [1.82, 2.24) is 4.90 Å². The molecule has 0 bridgehead atoms. The summed E-state index contributed by atoms with van der Waals surface area (Å²) in [6.45, 7) is 3.54. The standard InChI is InChI=1S/C24H27F3N2O2/c1-16-3-2-14-29(16)21-11-6-19(15-21)17-4-9-20(10-5-17)28-23(30)18-7-12-22(13-8-18)31-24(25,26)27/h4-5,7-10,12-13,16,19,21H,2-3,6,11,14-15H2,1H3,(H,28,30)/t16-,19-,21?/m0/s1. The average molecular weight is 432 g/mol. The molecule has 0 radical (unpaired) electrons. The molecule has 4 rings (SSSR count). The molecule has 1 saturated carbocycles. The lowest BCUT2D eigenvalue weighted by Crippen LogP contribution is -2.35.